The summed E-state index contributed by atoms with van der Waals surface area (Å²) in [5, 5.41) is 0. The smallest absolute Gasteiger partial charge is 0.340 e. The Kier molecular flexibility index (Phi) is 5.62. The van der Waals surface area contributed by atoms with Gasteiger partial charge in [0.1, 0.15) is 0 Å². The van der Waals surface area contributed by atoms with Gasteiger partial charge in [-0.2, -0.15) is 0 Å². The Balaban J connectivity index is 3.04. The molecule has 0 spiro atoms. The molecule has 0 bridgehead atoms. The highest BCUT2D eigenvalue weighted by molar-refractivity contribution is 7.92. The number of benzene rings is 1. The van der Waals surface area contributed by atoms with Crippen molar-refractivity contribution >= 4 is 33.3 Å². The summed E-state index contributed by atoms with van der Waals surface area (Å²) in [7, 11) is -2.27. The zero-order valence-electron chi connectivity index (χ0n) is 10.8. The average Bonchev–Trinajstić information content (AvgIpc) is 2.37. The van der Waals surface area contributed by atoms with Crippen molar-refractivity contribution < 1.29 is 17.9 Å². The van der Waals surface area contributed by atoms with E-state index < -0.39 is 16.0 Å². The number of carbonyl (C=O) groups is 1. The monoisotopic (exact) mass is 305 g/mol. The minimum Gasteiger partial charge on any atom is -0.465 e. The van der Waals surface area contributed by atoms with Gasteiger partial charge in [0.25, 0.3) is 0 Å². The lowest BCUT2D eigenvalue weighted by Crippen LogP contribution is -2.19. The SMILES string of the molecule is COC(=O)c1cc(C)ccc1NS(=O)(=O)CCCCl. The van der Waals surface area contributed by atoms with E-state index in [1.807, 2.05) is 0 Å². The number of alkyl halides is 1. The molecule has 0 amide bonds. The van der Waals surface area contributed by atoms with Crippen molar-refractivity contribution in [2.45, 2.75) is 13.3 Å². The third kappa shape index (κ3) is 4.72. The van der Waals surface area contributed by atoms with Crippen LogP contribution in [0.25, 0.3) is 0 Å². The van der Waals surface area contributed by atoms with Gasteiger partial charge in [-0.05, 0) is 25.5 Å². The van der Waals surface area contributed by atoms with Gasteiger partial charge < -0.3 is 4.74 Å². The van der Waals surface area contributed by atoms with Gasteiger partial charge in [0.15, 0.2) is 0 Å². The van der Waals surface area contributed by atoms with E-state index in [4.69, 9.17) is 11.6 Å². The Bertz CT molecular complexity index is 557. The van der Waals surface area contributed by atoms with Crippen LogP contribution in [0.5, 0.6) is 0 Å². The van der Waals surface area contributed by atoms with Crippen LogP contribution in [0.4, 0.5) is 5.69 Å². The van der Waals surface area contributed by atoms with Crippen LogP contribution < -0.4 is 4.72 Å². The second-order valence-corrected chi connectivity index (χ2v) is 6.22. The highest BCUT2D eigenvalue weighted by Crippen LogP contribution is 2.20. The molecule has 0 unspecified atom stereocenters. The minimum absolute atomic E-state index is 0.0923. The largest absolute Gasteiger partial charge is 0.465 e. The molecule has 0 aliphatic rings. The molecule has 0 heterocycles. The van der Waals surface area contributed by atoms with Crippen LogP contribution >= 0.6 is 11.6 Å². The Morgan fingerprint density at radius 3 is 2.68 bits per heavy atom. The molecule has 0 aliphatic heterocycles. The molecule has 0 saturated heterocycles. The number of hydrogen-bond donors (Lipinski definition) is 1. The Hall–Kier alpha value is -1.27. The number of rotatable bonds is 6. The molecule has 7 heteroatoms. The number of carbonyl (C=O) groups excluding carboxylic acids is 1. The number of methoxy groups -OCH3 is 1. The summed E-state index contributed by atoms with van der Waals surface area (Å²) in [5.41, 5.74) is 1.24. The molecule has 5 nitrogen and oxygen atoms in total. The first-order valence-corrected chi connectivity index (χ1v) is 7.83. The van der Waals surface area contributed by atoms with Crippen LogP contribution in [-0.4, -0.2) is 33.1 Å². The second kappa shape index (κ2) is 6.77. The quantitative estimate of drug-likeness (QED) is 0.645. The van der Waals surface area contributed by atoms with Crippen molar-refractivity contribution in [2.24, 2.45) is 0 Å². The zero-order valence-corrected chi connectivity index (χ0v) is 12.3. The highest BCUT2D eigenvalue weighted by atomic mass is 35.5. The molecule has 0 fully saturated rings. The molecule has 1 rings (SSSR count). The number of sulfonamides is 1. The second-order valence-electron chi connectivity index (χ2n) is 4.00. The average molecular weight is 306 g/mol. The molecular weight excluding hydrogens is 290 g/mol. The standard InChI is InChI=1S/C12H16ClNO4S/c1-9-4-5-11(10(8-9)12(15)18-2)14-19(16,17)7-3-6-13/h4-5,8,14H,3,6-7H2,1-2H3. The fourth-order valence-electron chi connectivity index (χ4n) is 1.49. The number of halogens is 1. The number of hydrogen-bond acceptors (Lipinski definition) is 4. The molecule has 106 valence electrons. The van der Waals surface area contributed by atoms with Crippen LogP contribution in [0.3, 0.4) is 0 Å². The van der Waals surface area contributed by atoms with Gasteiger partial charge in [0.05, 0.1) is 24.1 Å². The third-order valence-electron chi connectivity index (χ3n) is 2.39. The first kappa shape index (κ1) is 15.8. The van der Waals surface area contributed by atoms with E-state index in [-0.39, 0.29) is 22.9 Å². The molecule has 1 aromatic carbocycles. The van der Waals surface area contributed by atoms with Crippen molar-refractivity contribution in [1.82, 2.24) is 0 Å². The molecule has 0 atom stereocenters. The molecular formula is C12H16ClNO4S. The van der Waals surface area contributed by atoms with E-state index in [0.29, 0.717) is 6.42 Å². The van der Waals surface area contributed by atoms with Crippen LogP contribution in [-0.2, 0) is 14.8 Å². The van der Waals surface area contributed by atoms with E-state index in [1.165, 1.54) is 7.11 Å². The molecule has 1 N–H and O–H groups in total. The summed E-state index contributed by atoms with van der Waals surface area (Å²) in [4.78, 5) is 11.6. The molecule has 0 aromatic heterocycles. The van der Waals surface area contributed by atoms with E-state index in [2.05, 4.69) is 9.46 Å². The fraction of sp³-hybridized carbons (Fsp3) is 0.417. The van der Waals surface area contributed by atoms with Gasteiger partial charge in [-0.3, -0.25) is 4.72 Å². The van der Waals surface area contributed by atoms with E-state index >= 15 is 0 Å². The maximum Gasteiger partial charge on any atom is 0.340 e. The maximum atomic E-state index is 11.8. The summed E-state index contributed by atoms with van der Waals surface area (Å²) >= 11 is 5.47. The molecule has 0 saturated carbocycles. The van der Waals surface area contributed by atoms with Crippen molar-refractivity contribution in [1.29, 1.82) is 0 Å². The molecule has 19 heavy (non-hydrogen) atoms. The number of ether oxygens (including phenoxy) is 1. The first-order valence-electron chi connectivity index (χ1n) is 5.65. The predicted octanol–water partition coefficient (Wildman–Crippen LogP) is 2.15. The van der Waals surface area contributed by atoms with Crippen LogP contribution in [0.1, 0.15) is 22.3 Å². The Morgan fingerprint density at radius 2 is 2.11 bits per heavy atom. The van der Waals surface area contributed by atoms with Crippen molar-refractivity contribution in [3.8, 4) is 0 Å². The number of esters is 1. The number of anilines is 1. The van der Waals surface area contributed by atoms with Crippen molar-refractivity contribution in [2.75, 3.05) is 23.5 Å². The summed E-state index contributed by atoms with van der Waals surface area (Å²) in [6.07, 6.45) is 0.344. The van der Waals surface area contributed by atoms with Gasteiger partial charge in [-0.25, -0.2) is 13.2 Å². The normalized spacial score (nSPS) is 11.1. The van der Waals surface area contributed by atoms with Crippen molar-refractivity contribution in [3.63, 3.8) is 0 Å². The van der Waals surface area contributed by atoms with Crippen LogP contribution in [0, 0.1) is 6.92 Å². The number of nitrogens with one attached hydrogen (secondary N) is 1. The lowest BCUT2D eigenvalue weighted by molar-refractivity contribution is 0.0602. The summed E-state index contributed by atoms with van der Waals surface area (Å²) in [6, 6.07) is 4.83. The molecule has 0 radical (unpaired) electrons. The van der Waals surface area contributed by atoms with Crippen molar-refractivity contribution in [3.05, 3.63) is 29.3 Å². The molecule has 1 aromatic rings. The highest BCUT2D eigenvalue weighted by Gasteiger charge is 2.17. The summed E-state index contributed by atoms with van der Waals surface area (Å²) < 4.78 is 30.6. The van der Waals surface area contributed by atoms with Gasteiger partial charge in [0, 0.05) is 5.88 Å². The minimum atomic E-state index is -3.52. The fourth-order valence-corrected chi connectivity index (χ4v) is 2.92. The predicted molar refractivity (Wildman–Crippen MR) is 75.3 cm³/mol. The van der Waals surface area contributed by atoms with Crippen LogP contribution in [0.2, 0.25) is 0 Å². The van der Waals surface area contributed by atoms with E-state index in [0.717, 1.165) is 5.56 Å². The number of aryl methyl sites for hydroxylation is 1. The van der Waals surface area contributed by atoms with Crippen LogP contribution in [0.15, 0.2) is 18.2 Å². The van der Waals surface area contributed by atoms with Gasteiger partial charge in [-0.15, -0.1) is 11.6 Å². The Morgan fingerprint density at radius 1 is 1.42 bits per heavy atom. The molecule has 0 aliphatic carbocycles. The third-order valence-corrected chi connectivity index (χ3v) is 4.02. The van der Waals surface area contributed by atoms with E-state index in [9.17, 15) is 13.2 Å². The topological polar surface area (TPSA) is 72.5 Å². The summed E-state index contributed by atoms with van der Waals surface area (Å²) in [5.74, 6) is -0.414. The maximum absolute atomic E-state index is 11.8. The lowest BCUT2D eigenvalue weighted by Gasteiger charge is -2.11. The van der Waals surface area contributed by atoms with Gasteiger partial charge >= 0.3 is 5.97 Å². The zero-order chi connectivity index (χ0) is 14.5. The van der Waals surface area contributed by atoms with Gasteiger partial charge in [-0.1, -0.05) is 11.6 Å². The summed E-state index contributed by atoms with van der Waals surface area (Å²) in [6.45, 7) is 1.80. The lowest BCUT2D eigenvalue weighted by atomic mass is 10.1. The Labute approximate surface area is 118 Å². The van der Waals surface area contributed by atoms with Gasteiger partial charge in [0.2, 0.25) is 10.0 Å². The van der Waals surface area contributed by atoms with E-state index in [1.54, 1.807) is 25.1 Å². The first-order chi connectivity index (χ1) is 8.89.